The van der Waals surface area contributed by atoms with Gasteiger partial charge in [-0.1, -0.05) is 67.0 Å². The number of ether oxygens (including phenoxy) is 1. The quantitative estimate of drug-likeness (QED) is 0.377. The second-order valence-corrected chi connectivity index (χ2v) is 14.8. The minimum absolute atomic E-state index is 0.155. The predicted octanol–water partition coefficient (Wildman–Crippen LogP) is 7.86. The number of methoxy groups -OCH3 is 1. The normalized spacial score (nSPS) is 55.5. The largest absolute Gasteiger partial charge is 0.377 e. The first-order valence-electron chi connectivity index (χ1n) is 14.0. The third-order valence-electron chi connectivity index (χ3n) is 13.3. The van der Waals surface area contributed by atoms with Crippen molar-refractivity contribution in [1.82, 2.24) is 0 Å². The summed E-state index contributed by atoms with van der Waals surface area (Å²) < 4.78 is 6.44. The number of Topliss-reactive ketones (excluding diaryl/α,β-unsaturated/α-hetero) is 1. The molecule has 0 saturated heterocycles. The Morgan fingerprint density at radius 3 is 2.27 bits per heavy atom. The summed E-state index contributed by atoms with van der Waals surface area (Å²) in [7, 11) is 1.95. The number of allylic oxidation sites excluding steroid dienone is 1. The summed E-state index contributed by atoms with van der Waals surface area (Å²) in [4.78, 5) is 13.0. The van der Waals surface area contributed by atoms with Gasteiger partial charge in [0.2, 0.25) is 0 Å². The molecule has 0 heterocycles. The molecule has 0 amide bonds. The van der Waals surface area contributed by atoms with Crippen LogP contribution in [0.3, 0.4) is 0 Å². The highest BCUT2D eigenvalue weighted by Gasteiger charge is 2.70. The molecule has 0 spiro atoms. The predicted molar refractivity (Wildman–Crippen MR) is 136 cm³/mol. The topological polar surface area (TPSA) is 26.3 Å². The smallest absolute Gasteiger partial charge is 0.138 e. The third-order valence-corrected chi connectivity index (χ3v) is 13.3. The van der Waals surface area contributed by atoms with Gasteiger partial charge in [-0.05, 0) is 90.3 Å². The number of ketones is 1. The summed E-state index contributed by atoms with van der Waals surface area (Å²) in [5.41, 5.74) is 2.61. The van der Waals surface area contributed by atoms with E-state index in [1.54, 1.807) is 5.57 Å². The van der Waals surface area contributed by atoms with Crippen LogP contribution in [0.2, 0.25) is 0 Å². The standard InChI is InChI=1S/C31H50O2/c1-19-10-13-28(5)16-17-30(7)21(25(28)20(19)2)18-22(33-9)26-29(6)14-12-24(32)27(3,4)23(29)11-15-31(26,30)8/h18-20,22-23,25-26H,10-17H2,1-9H3/t19-,20+,22-,23+,25+,26-,28-,29+,30-,31-/m1/s1. The molecule has 186 valence electrons. The fraction of sp³-hybridized carbons (Fsp3) is 0.903. The molecule has 10 atom stereocenters. The first-order chi connectivity index (χ1) is 15.3. The van der Waals surface area contributed by atoms with E-state index in [0.29, 0.717) is 29.0 Å². The Kier molecular flexibility index (Phi) is 5.26. The second kappa shape index (κ2) is 7.21. The Morgan fingerprint density at radius 1 is 0.909 bits per heavy atom. The summed E-state index contributed by atoms with van der Waals surface area (Å²) in [6.07, 6.45) is 12.5. The highest BCUT2D eigenvalue weighted by Crippen LogP contribution is 2.75. The lowest BCUT2D eigenvalue weighted by molar-refractivity contribution is -0.210. The van der Waals surface area contributed by atoms with Gasteiger partial charge in [-0.3, -0.25) is 4.79 Å². The SMILES string of the molecule is CO[C@@H]1C=C2[C@@H]3[C@@H](C)[C@H](C)CC[C@]3(C)CC[C@@]2(C)[C@]2(C)CC[C@H]3C(C)(C)C(=O)CC[C@]3(C)[C@@H]12. The first-order valence-corrected chi connectivity index (χ1v) is 14.0. The van der Waals surface area contributed by atoms with Gasteiger partial charge in [0.05, 0.1) is 6.10 Å². The van der Waals surface area contributed by atoms with Crippen molar-refractivity contribution < 1.29 is 9.53 Å². The number of hydrogen-bond acceptors (Lipinski definition) is 2. The molecule has 4 fully saturated rings. The van der Waals surface area contributed by atoms with Crippen molar-refractivity contribution in [2.45, 2.75) is 113 Å². The van der Waals surface area contributed by atoms with Crippen LogP contribution in [0.4, 0.5) is 0 Å². The van der Waals surface area contributed by atoms with Gasteiger partial charge in [0.25, 0.3) is 0 Å². The van der Waals surface area contributed by atoms with E-state index in [2.05, 4.69) is 61.5 Å². The van der Waals surface area contributed by atoms with E-state index in [1.165, 1.54) is 38.5 Å². The lowest BCUT2D eigenvalue weighted by Crippen LogP contribution is -2.67. The van der Waals surface area contributed by atoms with Crippen LogP contribution >= 0.6 is 0 Å². The van der Waals surface area contributed by atoms with Crippen molar-refractivity contribution in [1.29, 1.82) is 0 Å². The molecule has 5 rings (SSSR count). The fourth-order valence-electron chi connectivity index (χ4n) is 10.9. The molecular formula is C31H50O2. The molecule has 2 nitrogen and oxygen atoms in total. The maximum atomic E-state index is 13.0. The van der Waals surface area contributed by atoms with Crippen molar-refractivity contribution in [3.8, 4) is 0 Å². The molecule has 0 aromatic rings. The molecule has 0 radical (unpaired) electrons. The van der Waals surface area contributed by atoms with Crippen molar-refractivity contribution in [2.75, 3.05) is 7.11 Å². The second-order valence-electron chi connectivity index (χ2n) is 14.8. The minimum atomic E-state index is -0.212. The van der Waals surface area contributed by atoms with Gasteiger partial charge in [0, 0.05) is 24.9 Å². The van der Waals surface area contributed by atoms with Gasteiger partial charge in [0.1, 0.15) is 5.78 Å². The van der Waals surface area contributed by atoms with Crippen molar-refractivity contribution in [3.05, 3.63) is 11.6 Å². The Bertz CT molecular complexity index is 870. The van der Waals surface area contributed by atoms with Crippen LogP contribution in [-0.4, -0.2) is 19.0 Å². The molecule has 5 aliphatic carbocycles. The number of fused-ring (bicyclic) bond motifs is 7. The summed E-state index contributed by atoms with van der Waals surface area (Å²) in [5, 5.41) is 0. The lowest BCUT2D eigenvalue weighted by atomic mass is 9.33. The Balaban J connectivity index is 1.67. The van der Waals surface area contributed by atoms with E-state index in [4.69, 9.17) is 4.74 Å². The highest BCUT2D eigenvalue weighted by atomic mass is 16.5. The molecular weight excluding hydrogens is 404 g/mol. The molecule has 33 heavy (non-hydrogen) atoms. The molecule has 4 saturated carbocycles. The van der Waals surface area contributed by atoms with E-state index < -0.39 is 0 Å². The van der Waals surface area contributed by atoms with E-state index in [-0.39, 0.29) is 27.8 Å². The Labute approximate surface area is 203 Å². The highest BCUT2D eigenvalue weighted by molar-refractivity contribution is 5.85. The summed E-state index contributed by atoms with van der Waals surface area (Å²) >= 11 is 0. The van der Waals surface area contributed by atoms with E-state index in [0.717, 1.165) is 24.7 Å². The maximum absolute atomic E-state index is 13.0. The summed E-state index contributed by atoms with van der Waals surface area (Å²) in [6.45, 7) is 19.9. The Morgan fingerprint density at radius 2 is 1.61 bits per heavy atom. The Hall–Kier alpha value is -0.630. The third kappa shape index (κ3) is 2.85. The fourth-order valence-corrected chi connectivity index (χ4v) is 10.9. The monoisotopic (exact) mass is 454 g/mol. The molecule has 5 aliphatic rings. The molecule has 0 aliphatic heterocycles. The molecule has 0 aromatic carbocycles. The minimum Gasteiger partial charge on any atom is -0.377 e. The molecule has 0 bridgehead atoms. The van der Waals surface area contributed by atoms with Crippen LogP contribution in [0.5, 0.6) is 0 Å². The van der Waals surface area contributed by atoms with Crippen LogP contribution < -0.4 is 0 Å². The zero-order valence-corrected chi connectivity index (χ0v) is 23.0. The van der Waals surface area contributed by atoms with Gasteiger partial charge in [-0.15, -0.1) is 0 Å². The van der Waals surface area contributed by atoms with Crippen LogP contribution in [0.25, 0.3) is 0 Å². The van der Waals surface area contributed by atoms with E-state index in [1.807, 2.05) is 7.11 Å². The van der Waals surface area contributed by atoms with Crippen molar-refractivity contribution in [3.63, 3.8) is 0 Å². The van der Waals surface area contributed by atoms with E-state index in [9.17, 15) is 4.79 Å². The number of hydrogen-bond donors (Lipinski definition) is 0. The zero-order chi connectivity index (χ0) is 24.2. The van der Waals surface area contributed by atoms with Crippen LogP contribution in [-0.2, 0) is 9.53 Å². The van der Waals surface area contributed by atoms with Crippen molar-refractivity contribution in [2.24, 2.45) is 56.7 Å². The van der Waals surface area contributed by atoms with Crippen molar-refractivity contribution >= 4 is 5.78 Å². The average Bonchev–Trinajstić information content (AvgIpc) is 2.74. The van der Waals surface area contributed by atoms with Gasteiger partial charge in [-0.2, -0.15) is 0 Å². The maximum Gasteiger partial charge on any atom is 0.138 e. The van der Waals surface area contributed by atoms with Gasteiger partial charge < -0.3 is 4.74 Å². The summed E-state index contributed by atoms with van der Waals surface area (Å²) in [6, 6.07) is 0. The molecule has 2 heteroatoms. The first kappa shape index (κ1) is 24.1. The zero-order valence-electron chi connectivity index (χ0n) is 23.0. The average molecular weight is 455 g/mol. The van der Waals surface area contributed by atoms with Gasteiger partial charge >= 0.3 is 0 Å². The van der Waals surface area contributed by atoms with Crippen LogP contribution in [0.15, 0.2) is 11.6 Å². The molecule has 0 N–H and O–H groups in total. The number of rotatable bonds is 1. The lowest BCUT2D eigenvalue weighted by Gasteiger charge is -2.72. The van der Waals surface area contributed by atoms with E-state index >= 15 is 0 Å². The van der Waals surface area contributed by atoms with Gasteiger partial charge in [0.15, 0.2) is 0 Å². The number of carbonyl (C=O) groups is 1. The molecule has 0 aromatic heterocycles. The van der Waals surface area contributed by atoms with Crippen LogP contribution in [0, 0.1) is 56.7 Å². The molecule has 0 unspecified atom stereocenters. The number of carbonyl (C=O) groups excluding carboxylic acids is 1. The van der Waals surface area contributed by atoms with Gasteiger partial charge in [-0.25, -0.2) is 0 Å². The summed E-state index contributed by atoms with van der Waals surface area (Å²) in [5.74, 6) is 3.66. The van der Waals surface area contributed by atoms with Crippen LogP contribution in [0.1, 0.15) is 107 Å².